The molecule has 2 N–H and O–H groups in total. The highest BCUT2D eigenvalue weighted by Crippen LogP contribution is 2.19. The molecular weight excluding hydrogens is 252 g/mol. The van der Waals surface area contributed by atoms with E-state index in [1.807, 2.05) is 36.1 Å². The first-order chi connectivity index (χ1) is 9.69. The zero-order valence-corrected chi connectivity index (χ0v) is 12.2. The summed E-state index contributed by atoms with van der Waals surface area (Å²) < 4.78 is 5.62. The molecule has 1 saturated heterocycles. The molecule has 1 aliphatic rings. The Hall–Kier alpha value is -1.55. The summed E-state index contributed by atoms with van der Waals surface area (Å²) in [5, 5.41) is 0. The van der Waals surface area contributed by atoms with E-state index in [2.05, 4.69) is 0 Å². The molecule has 1 aromatic carbocycles. The van der Waals surface area contributed by atoms with Crippen LogP contribution in [0.25, 0.3) is 0 Å². The number of carbonyl (C=O) groups is 1. The minimum atomic E-state index is 0.192. The molecule has 4 nitrogen and oxygen atoms in total. The third kappa shape index (κ3) is 4.23. The quantitative estimate of drug-likeness (QED) is 0.864. The molecule has 1 aliphatic heterocycles. The fourth-order valence-electron chi connectivity index (χ4n) is 2.65. The zero-order valence-electron chi connectivity index (χ0n) is 12.2. The molecule has 0 saturated carbocycles. The normalized spacial score (nSPS) is 18.3. The first-order valence-corrected chi connectivity index (χ1v) is 7.36. The first-order valence-electron chi connectivity index (χ1n) is 7.36. The second-order valence-corrected chi connectivity index (χ2v) is 5.49. The minimum absolute atomic E-state index is 0.192. The topological polar surface area (TPSA) is 55.6 Å². The van der Waals surface area contributed by atoms with E-state index in [0.717, 1.165) is 37.2 Å². The van der Waals surface area contributed by atoms with Crippen molar-refractivity contribution in [3.05, 3.63) is 29.8 Å². The van der Waals surface area contributed by atoms with Crippen LogP contribution in [0, 0.1) is 12.8 Å². The van der Waals surface area contributed by atoms with Gasteiger partial charge in [-0.2, -0.15) is 0 Å². The summed E-state index contributed by atoms with van der Waals surface area (Å²) in [5.74, 6) is 1.61. The molecule has 110 valence electrons. The Morgan fingerprint density at radius 3 is 3.10 bits per heavy atom. The van der Waals surface area contributed by atoms with Crippen LogP contribution in [0.4, 0.5) is 0 Å². The molecule has 1 fully saturated rings. The molecule has 0 bridgehead atoms. The number of carbonyl (C=O) groups excluding carboxylic acids is 1. The number of hydrogen-bond donors (Lipinski definition) is 1. The summed E-state index contributed by atoms with van der Waals surface area (Å²) in [6.45, 7) is 4.91. The maximum Gasteiger partial charge on any atom is 0.226 e. The van der Waals surface area contributed by atoms with E-state index in [9.17, 15) is 4.79 Å². The average Bonchev–Trinajstić information content (AvgIpc) is 2.88. The van der Waals surface area contributed by atoms with Gasteiger partial charge in [0.15, 0.2) is 0 Å². The van der Waals surface area contributed by atoms with Crippen LogP contribution < -0.4 is 10.5 Å². The fraction of sp³-hybridized carbons (Fsp3) is 0.562. The number of ether oxygens (including phenoxy) is 1. The Balaban J connectivity index is 1.70. The van der Waals surface area contributed by atoms with Gasteiger partial charge in [-0.15, -0.1) is 0 Å². The van der Waals surface area contributed by atoms with Crippen molar-refractivity contribution < 1.29 is 9.53 Å². The van der Waals surface area contributed by atoms with Gasteiger partial charge in [-0.05, 0) is 49.9 Å². The van der Waals surface area contributed by atoms with Crippen LogP contribution in [0.2, 0.25) is 0 Å². The number of aryl methyl sites for hydroxylation is 1. The minimum Gasteiger partial charge on any atom is -0.493 e. The summed E-state index contributed by atoms with van der Waals surface area (Å²) in [7, 11) is 0. The van der Waals surface area contributed by atoms with Crippen molar-refractivity contribution in [2.75, 3.05) is 26.2 Å². The van der Waals surface area contributed by atoms with Crippen LogP contribution in [0.3, 0.4) is 0 Å². The summed E-state index contributed by atoms with van der Waals surface area (Å²) in [5.41, 5.74) is 6.73. The Kier molecular flexibility index (Phi) is 5.41. The molecule has 4 heteroatoms. The summed E-state index contributed by atoms with van der Waals surface area (Å²) in [6, 6.07) is 7.90. The van der Waals surface area contributed by atoms with Gasteiger partial charge in [0.25, 0.3) is 0 Å². The molecule has 1 atom stereocenters. The fourth-order valence-corrected chi connectivity index (χ4v) is 2.65. The number of amides is 1. The zero-order chi connectivity index (χ0) is 14.4. The molecule has 2 rings (SSSR count). The molecule has 1 amide bonds. The molecule has 1 unspecified atom stereocenters. The van der Waals surface area contributed by atoms with Crippen LogP contribution in [-0.2, 0) is 4.79 Å². The van der Waals surface area contributed by atoms with Crippen LogP contribution >= 0.6 is 0 Å². The largest absolute Gasteiger partial charge is 0.493 e. The predicted molar refractivity (Wildman–Crippen MR) is 79.6 cm³/mol. The van der Waals surface area contributed by atoms with Gasteiger partial charge in [-0.25, -0.2) is 0 Å². The van der Waals surface area contributed by atoms with Crippen molar-refractivity contribution in [1.82, 2.24) is 4.90 Å². The smallest absolute Gasteiger partial charge is 0.226 e. The van der Waals surface area contributed by atoms with Crippen molar-refractivity contribution in [2.45, 2.75) is 26.2 Å². The molecule has 0 radical (unpaired) electrons. The van der Waals surface area contributed by atoms with Gasteiger partial charge in [0.05, 0.1) is 13.0 Å². The van der Waals surface area contributed by atoms with Gasteiger partial charge in [0.1, 0.15) is 5.75 Å². The first kappa shape index (κ1) is 14.9. The van der Waals surface area contributed by atoms with Crippen LogP contribution in [0.5, 0.6) is 5.75 Å². The lowest BCUT2D eigenvalue weighted by atomic mass is 10.1. The highest BCUT2D eigenvalue weighted by atomic mass is 16.5. The van der Waals surface area contributed by atoms with Gasteiger partial charge in [0, 0.05) is 13.1 Å². The van der Waals surface area contributed by atoms with Gasteiger partial charge >= 0.3 is 0 Å². The SMILES string of the molecule is Cc1cccc(OCCC(=O)N2CCC(CCN)C2)c1. The van der Waals surface area contributed by atoms with E-state index in [0.29, 0.717) is 25.5 Å². The maximum absolute atomic E-state index is 12.1. The van der Waals surface area contributed by atoms with Crippen molar-refractivity contribution in [3.8, 4) is 5.75 Å². The van der Waals surface area contributed by atoms with Gasteiger partial charge < -0.3 is 15.4 Å². The lowest BCUT2D eigenvalue weighted by Gasteiger charge is -2.16. The third-order valence-corrected chi connectivity index (χ3v) is 3.79. The van der Waals surface area contributed by atoms with E-state index in [-0.39, 0.29) is 5.91 Å². The van der Waals surface area contributed by atoms with Crippen LogP contribution in [0.1, 0.15) is 24.8 Å². The Bertz CT molecular complexity index is 448. The lowest BCUT2D eigenvalue weighted by molar-refractivity contribution is -0.130. The predicted octanol–water partition coefficient (Wildman–Crippen LogP) is 1.96. The second-order valence-electron chi connectivity index (χ2n) is 5.49. The van der Waals surface area contributed by atoms with Gasteiger partial charge in [-0.1, -0.05) is 12.1 Å². The van der Waals surface area contributed by atoms with Crippen molar-refractivity contribution in [3.63, 3.8) is 0 Å². The van der Waals surface area contributed by atoms with Gasteiger partial charge in [0.2, 0.25) is 5.91 Å². The molecule has 20 heavy (non-hydrogen) atoms. The van der Waals surface area contributed by atoms with Crippen molar-refractivity contribution in [1.29, 1.82) is 0 Å². The summed E-state index contributed by atoms with van der Waals surface area (Å²) >= 11 is 0. The van der Waals surface area contributed by atoms with E-state index in [1.54, 1.807) is 0 Å². The molecule has 0 spiro atoms. The van der Waals surface area contributed by atoms with Crippen molar-refractivity contribution in [2.24, 2.45) is 11.7 Å². The molecular formula is C16H24N2O2. The lowest BCUT2D eigenvalue weighted by Crippen LogP contribution is -2.30. The van der Waals surface area contributed by atoms with Crippen LogP contribution in [0.15, 0.2) is 24.3 Å². The Morgan fingerprint density at radius 1 is 1.50 bits per heavy atom. The van der Waals surface area contributed by atoms with Gasteiger partial charge in [-0.3, -0.25) is 4.79 Å². The number of likely N-dealkylation sites (tertiary alicyclic amines) is 1. The second kappa shape index (κ2) is 7.29. The van der Waals surface area contributed by atoms with E-state index in [4.69, 9.17) is 10.5 Å². The highest BCUT2D eigenvalue weighted by molar-refractivity contribution is 5.76. The number of nitrogens with two attached hydrogens (primary N) is 1. The molecule has 1 heterocycles. The van der Waals surface area contributed by atoms with E-state index in [1.165, 1.54) is 0 Å². The van der Waals surface area contributed by atoms with E-state index >= 15 is 0 Å². The van der Waals surface area contributed by atoms with Crippen LogP contribution in [-0.4, -0.2) is 37.0 Å². The number of hydrogen-bond acceptors (Lipinski definition) is 3. The number of rotatable bonds is 6. The maximum atomic E-state index is 12.1. The molecule has 0 aliphatic carbocycles. The van der Waals surface area contributed by atoms with E-state index < -0.39 is 0 Å². The monoisotopic (exact) mass is 276 g/mol. The molecule has 1 aromatic rings. The number of nitrogens with zero attached hydrogens (tertiary/aromatic N) is 1. The summed E-state index contributed by atoms with van der Waals surface area (Å²) in [4.78, 5) is 14.0. The third-order valence-electron chi connectivity index (χ3n) is 3.79. The molecule has 0 aromatic heterocycles. The number of benzene rings is 1. The standard InChI is InChI=1S/C16H24N2O2/c1-13-3-2-4-15(11-13)20-10-7-16(19)18-9-6-14(12-18)5-8-17/h2-4,11,14H,5-10,12,17H2,1H3. The Labute approximate surface area is 120 Å². The summed E-state index contributed by atoms with van der Waals surface area (Å²) in [6.07, 6.45) is 2.55. The Morgan fingerprint density at radius 2 is 2.35 bits per heavy atom. The van der Waals surface area contributed by atoms with Crippen molar-refractivity contribution >= 4 is 5.91 Å². The highest BCUT2D eigenvalue weighted by Gasteiger charge is 2.25. The average molecular weight is 276 g/mol.